The van der Waals surface area contributed by atoms with Gasteiger partial charge in [-0.15, -0.1) is 0 Å². The minimum absolute atomic E-state index is 0.0833. The fraction of sp³-hybridized carbons (Fsp3) is 0.464. The first-order valence-corrected chi connectivity index (χ1v) is 12.2. The third-order valence-corrected chi connectivity index (χ3v) is 7.79. The van der Waals surface area contributed by atoms with E-state index in [9.17, 15) is 19.1 Å². The molecule has 4 rings (SSSR count). The van der Waals surface area contributed by atoms with E-state index in [1.54, 1.807) is 19.2 Å². The van der Waals surface area contributed by atoms with Crippen LogP contribution in [0.3, 0.4) is 0 Å². The van der Waals surface area contributed by atoms with Gasteiger partial charge in [0.1, 0.15) is 11.9 Å². The van der Waals surface area contributed by atoms with Crippen LogP contribution in [-0.4, -0.2) is 40.7 Å². The van der Waals surface area contributed by atoms with E-state index >= 15 is 0 Å². The molecule has 1 saturated heterocycles. The van der Waals surface area contributed by atoms with Crippen molar-refractivity contribution in [1.82, 2.24) is 10.3 Å². The number of nitrogens with one attached hydrogen (secondary N) is 1. The van der Waals surface area contributed by atoms with Crippen molar-refractivity contribution in [1.29, 1.82) is 0 Å². The minimum Gasteiger partial charge on any atom is -0.461 e. The van der Waals surface area contributed by atoms with Gasteiger partial charge >= 0.3 is 5.97 Å². The van der Waals surface area contributed by atoms with Crippen LogP contribution in [0.5, 0.6) is 0 Å². The number of hydrogen-bond donors (Lipinski definition) is 2. The summed E-state index contributed by atoms with van der Waals surface area (Å²) in [6, 6.07) is 9.69. The summed E-state index contributed by atoms with van der Waals surface area (Å²) in [5.74, 6) is -1.22. The first-order chi connectivity index (χ1) is 16.7. The zero-order chi connectivity index (χ0) is 25.3. The number of benzene rings is 1. The number of rotatable bonds is 6. The van der Waals surface area contributed by atoms with Crippen molar-refractivity contribution < 1.29 is 23.8 Å². The molecule has 0 radical (unpaired) electrons. The van der Waals surface area contributed by atoms with Gasteiger partial charge in [-0.05, 0) is 67.9 Å². The zero-order valence-electron chi connectivity index (χ0n) is 20.6. The topological polar surface area (TPSA) is 88.5 Å². The molecule has 2 aromatic rings. The standard InChI is InChI=1S/C28H33FN2O4/c1-16-13-28(26(33)31-17(2)15-32)25(19(4)35-27(28)34)24(18(16)3)11-10-23-9-8-21(14-30-23)20-6-5-7-22(29)12-20/h5-12,14,16-19,24-25,32H,13,15H2,1-4H3,(H,31,33)/b11-10+/t16?,17-,18?,19+,24?,25?,28+/m0/s1. The molecule has 186 valence electrons. The lowest BCUT2D eigenvalue weighted by Crippen LogP contribution is -2.57. The van der Waals surface area contributed by atoms with Crippen LogP contribution in [0.15, 0.2) is 48.7 Å². The predicted molar refractivity (Wildman–Crippen MR) is 131 cm³/mol. The molecular weight excluding hydrogens is 447 g/mol. The fourth-order valence-corrected chi connectivity index (χ4v) is 5.73. The van der Waals surface area contributed by atoms with Crippen LogP contribution in [0.4, 0.5) is 4.39 Å². The average Bonchev–Trinajstić information content (AvgIpc) is 3.09. The Morgan fingerprint density at radius 3 is 2.71 bits per heavy atom. The number of hydrogen-bond acceptors (Lipinski definition) is 5. The maximum atomic E-state index is 13.6. The molecule has 1 aliphatic heterocycles. The van der Waals surface area contributed by atoms with Gasteiger partial charge in [-0.1, -0.05) is 38.1 Å². The number of pyridine rings is 1. The molecule has 1 aromatic carbocycles. The van der Waals surface area contributed by atoms with Crippen molar-refractivity contribution in [2.24, 2.45) is 29.1 Å². The first-order valence-electron chi connectivity index (χ1n) is 12.2. The molecule has 1 aromatic heterocycles. The highest BCUT2D eigenvalue weighted by molar-refractivity contribution is 6.04. The van der Waals surface area contributed by atoms with Crippen molar-refractivity contribution in [2.45, 2.75) is 46.3 Å². The number of carbonyl (C=O) groups is 2. The van der Waals surface area contributed by atoms with E-state index in [0.717, 1.165) is 16.8 Å². The van der Waals surface area contributed by atoms with Crippen LogP contribution < -0.4 is 5.32 Å². The molecule has 2 aliphatic rings. The van der Waals surface area contributed by atoms with E-state index in [0.29, 0.717) is 6.42 Å². The summed E-state index contributed by atoms with van der Waals surface area (Å²) in [6.07, 6.45) is 5.68. The number of amides is 1. The largest absolute Gasteiger partial charge is 0.461 e. The predicted octanol–water partition coefficient (Wildman–Crippen LogP) is 4.24. The summed E-state index contributed by atoms with van der Waals surface area (Å²) < 4.78 is 19.2. The highest BCUT2D eigenvalue weighted by Gasteiger charge is 2.66. The molecular formula is C28H33FN2O4. The molecule has 0 spiro atoms. The van der Waals surface area contributed by atoms with Crippen LogP contribution in [0.2, 0.25) is 0 Å². The van der Waals surface area contributed by atoms with Crippen LogP contribution in [0.25, 0.3) is 17.2 Å². The van der Waals surface area contributed by atoms with Gasteiger partial charge in [-0.3, -0.25) is 14.6 Å². The van der Waals surface area contributed by atoms with Gasteiger partial charge < -0.3 is 15.2 Å². The van der Waals surface area contributed by atoms with Crippen LogP contribution in [0.1, 0.15) is 39.8 Å². The summed E-state index contributed by atoms with van der Waals surface area (Å²) in [5, 5.41) is 12.2. The number of esters is 1. The summed E-state index contributed by atoms with van der Waals surface area (Å²) in [5.41, 5.74) is 1.03. The van der Waals surface area contributed by atoms with Crippen molar-refractivity contribution >= 4 is 18.0 Å². The van der Waals surface area contributed by atoms with E-state index in [1.807, 2.05) is 37.3 Å². The van der Waals surface area contributed by atoms with Gasteiger partial charge in [0, 0.05) is 23.7 Å². The highest BCUT2D eigenvalue weighted by Crippen LogP contribution is 2.56. The van der Waals surface area contributed by atoms with Crippen molar-refractivity contribution in [3.8, 4) is 11.1 Å². The number of nitrogens with zero attached hydrogens (tertiary/aromatic N) is 1. The summed E-state index contributed by atoms with van der Waals surface area (Å²) in [7, 11) is 0. The van der Waals surface area contributed by atoms with Gasteiger partial charge in [-0.25, -0.2) is 4.39 Å². The number of carbonyl (C=O) groups excluding carboxylic acids is 2. The molecule has 0 bridgehead atoms. The number of aliphatic hydroxyl groups is 1. The average molecular weight is 481 g/mol. The maximum Gasteiger partial charge on any atom is 0.322 e. The summed E-state index contributed by atoms with van der Waals surface area (Å²) in [4.78, 5) is 31.0. The Morgan fingerprint density at radius 2 is 2.06 bits per heavy atom. The molecule has 6 nitrogen and oxygen atoms in total. The second-order valence-corrected chi connectivity index (χ2v) is 10.1. The molecule has 1 aliphatic carbocycles. The molecule has 4 unspecified atom stereocenters. The monoisotopic (exact) mass is 480 g/mol. The maximum absolute atomic E-state index is 13.6. The number of cyclic esters (lactones) is 1. The van der Waals surface area contributed by atoms with Crippen molar-refractivity contribution in [3.05, 3.63) is 60.2 Å². The van der Waals surface area contributed by atoms with Crippen LogP contribution in [0, 0.1) is 34.9 Å². The number of ether oxygens (including phenoxy) is 1. The molecule has 2 fully saturated rings. The molecule has 1 saturated carbocycles. The van der Waals surface area contributed by atoms with E-state index in [-0.39, 0.29) is 42.0 Å². The Hall–Kier alpha value is -3.06. The molecule has 2 heterocycles. The molecule has 7 atom stereocenters. The molecule has 7 heteroatoms. The lowest BCUT2D eigenvalue weighted by molar-refractivity contribution is -0.157. The van der Waals surface area contributed by atoms with Gasteiger partial charge in [0.25, 0.3) is 0 Å². The van der Waals surface area contributed by atoms with Crippen molar-refractivity contribution in [2.75, 3.05) is 6.61 Å². The third kappa shape index (κ3) is 4.61. The Bertz CT molecular complexity index is 1120. The summed E-state index contributed by atoms with van der Waals surface area (Å²) >= 11 is 0. The summed E-state index contributed by atoms with van der Waals surface area (Å²) in [6.45, 7) is 7.56. The van der Waals surface area contributed by atoms with Gasteiger partial charge in [-0.2, -0.15) is 0 Å². The first kappa shape index (κ1) is 25.0. The second-order valence-electron chi connectivity index (χ2n) is 10.1. The Morgan fingerprint density at radius 1 is 1.29 bits per heavy atom. The number of halogens is 1. The lowest BCUT2D eigenvalue weighted by Gasteiger charge is -2.46. The highest BCUT2D eigenvalue weighted by atomic mass is 19.1. The van der Waals surface area contributed by atoms with Gasteiger partial charge in [0.05, 0.1) is 12.3 Å². The van der Waals surface area contributed by atoms with E-state index < -0.39 is 23.5 Å². The lowest BCUT2D eigenvalue weighted by atomic mass is 9.54. The smallest absolute Gasteiger partial charge is 0.322 e. The Kier molecular flexibility index (Phi) is 7.08. The Labute approximate surface area is 205 Å². The fourth-order valence-electron chi connectivity index (χ4n) is 5.73. The SMILES string of the molecule is CC1C[C@@]2(C(=O)N[C@@H](C)CO)C(=O)O[C@H](C)C2C(/C=C/c2ccc(-c3cccc(F)c3)cn2)C1C. The van der Waals surface area contributed by atoms with Gasteiger partial charge in [0.2, 0.25) is 5.91 Å². The van der Waals surface area contributed by atoms with Crippen molar-refractivity contribution in [3.63, 3.8) is 0 Å². The van der Waals surface area contributed by atoms with Gasteiger partial charge in [0.15, 0.2) is 5.41 Å². The quantitative estimate of drug-likeness (QED) is 0.477. The van der Waals surface area contributed by atoms with Crippen LogP contribution >= 0.6 is 0 Å². The zero-order valence-corrected chi connectivity index (χ0v) is 20.6. The third-order valence-electron chi connectivity index (χ3n) is 7.79. The van der Waals surface area contributed by atoms with Crippen LogP contribution in [-0.2, 0) is 14.3 Å². The molecule has 1 amide bonds. The number of fused-ring (bicyclic) bond motifs is 1. The number of aliphatic hydroxyl groups excluding tert-OH is 1. The van der Waals surface area contributed by atoms with E-state index in [2.05, 4.69) is 24.1 Å². The van der Waals surface area contributed by atoms with E-state index in [1.165, 1.54) is 12.1 Å². The number of aromatic nitrogens is 1. The molecule has 2 N–H and O–H groups in total. The molecule has 35 heavy (non-hydrogen) atoms. The normalized spacial score (nSPS) is 31.1. The minimum atomic E-state index is -1.28. The Balaban J connectivity index is 1.63. The van der Waals surface area contributed by atoms with E-state index in [4.69, 9.17) is 4.74 Å². The second kappa shape index (κ2) is 9.90. The number of allylic oxidation sites excluding steroid dienone is 1.